The minimum Gasteiger partial charge on any atom is -0.465 e. The zero-order chi connectivity index (χ0) is 19.7. The van der Waals surface area contributed by atoms with Gasteiger partial charge < -0.3 is 15.0 Å². The Morgan fingerprint density at radius 3 is 2.93 bits per heavy atom. The lowest BCUT2D eigenvalue weighted by atomic mass is 9.88. The fourth-order valence-corrected chi connectivity index (χ4v) is 5.11. The van der Waals surface area contributed by atoms with E-state index in [1.54, 1.807) is 16.0 Å². The summed E-state index contributed by atoms with van der Waals surface area (Å²) < 4.78 is 6.85. The molecule has 2 heterocycles. The number of thiophene rings is 1. The van der Waals surface area contributed by atoms with Crippen molar-refractivity contribution in [3.05, 3.63) is 33.5 Å². The fourth-order valence-electron chi connectivity index (χ4n) is 3.48. The first kappa shape index (κ1) is 19.8. The average molecular weight is 407 g/mol. The zero-order valence-corrected chi connectivity index (χ0v) is 18.1. The van der Waals surface area contributed by atoms with Crippen LogP contribution < -0.4 is 5.32 Å². The molecule has 27 heavy (non-hydrogen) atoms. The Bertz CT molecular complexity index is 871. The van der Waals surface area contributed by atoms with E-state index in [9.17, 15) is 4.79 Å². The van der Waals surface area contributed by atoms with E-state index in [4.69, 9.17) is 17.0 Å². The summed E-state index contributed by atoms with van der Waals surface area (Å²) in [7, 11) is 5.28. The second-order valence-electron chi connectivity index (χ2n) is 7.25. The van der Waals surface area contributed by atoms with Crippen LogP contribution >= 0.6 is 23.6 Å². The first-order chi connectivity index (χ1) is 12.8. The number of esters is 1. The van der Waals surface area contributed by atoms with Crippen molar-refractivity contribution in [2.45, 2.75) is 39.7 Å². The molecule has 1 aliphatic rings. The van der Waals surface area contributed by atoms with Gasteiger partial charge in [0.05, 0.1) is 18.4 Å². The highest BCUT2D eigenvalue weighted by atomic mass is 32.1. The van der Waals surface area contributed by atoms with Crippen molar-refractivity contribution in [2.75, 3.05) is 19.5 Å². The summed E-state index contributed by atoms with van der Waals surface area (Å²) in [5.41, 5.74) is 3.89. The minimum atomic E-state index is -0.293. The Morgan fingerprint density at radius 1 is 1.56 bits per heavy atom. The van der Waals surface area contributed by atoms with Gasteiger partial charge in [0.1, 0.15) is 5.00 Å². The standard InChI is InChI=1S/C19H26N4O2S2/c1-11-6-7-14-15(8-11)27-17(16(14)18(24)25-5)20-19(26)22(3)9-13-10-23(4)21-12(13)2/h10-11H,6-9H2,1-5H3,(H,20,26)/t11-/m1/s1. The molecule has 0 saturated carbocycles. The van der Waals surface area contributed by atoms with Crippen LogP contribution in [0.25, 0.3) is 0 Å². The van der Waals surface area contributed by atoms with Crippen LogP contribution in [0.15, 0.2) is 6.20 Å². The molecule has 0 spiro atoms. The molecule has 0 aliphatic heterocycles. The Balaban J connectivity index is 1.80. The van der Waals surface area contributed by atoms with Crippen LogP contribution in [0.3, 0.4) is 0 Å². The first-order valence-electron chi connectivity index (χ1n) is 9.04. The third kappa shape index (κ3) is 4.16. The third-order valence-corrected chi connectivity index (χ3v) is 6.57. The van der Waals surface area contributed by atoms with Gasteiger partial charge in [-0.1, -0.05) is 6.92 Å². The molecular formula is C19H26N4O2S2. The van der Waals surface area contributed by atoms with E-state index in [-0.39, 0.29) is 5.97 Å². The summed E-state index contributed by atoms with van der Waals surface area (Å²) in [6, 6.07) is 0. The van der Waals surface area contributed by atoms with E-state index in [1.165, 1.54) is 12.0 Å². The van der Waals surface area contributed by atoms with Crippen LogP contribution in [-0.2, 0) is 31.2 Å². The molecule has 0 bridgehead atoms. The number of aryl methyl sites for hydroxylation is 2. The van der Waals surface area contributed by atoms with Gasteiger partial charge in [-0.2, -0.15) is 5.10 Å². The van der Waals surface area contributed by atoms with Crippen molar-refractivity contribution < 1.29 is 9.53 Å². The minimum absolute atomic E-state index is 0.293. The summed E-state index contributed by atoms with van der Waals surface area (Å²) in [5, 5.41) is 9.04. The lowest BCUT2D eigenvalue weighted by Crippen LogP contribution is -2.31. The van der Waals surface area contributed by atoms with Crippen molar-refractivity contribution >= 4 is 39.6 Å². The van der Waals surface area contributed by atoms with Crippen LogP contribution in [-0.4, -0.2) is 39.9 Å². The van der Waals surface area contributed by atoms with Crippen LogP contribution in [0.1, 0.15) is 45.4 Å². The summed E-state index contributed by atoms with van der Waals surface area (Å²) in [6.45, 7) is 4.90. The largest absolute Gasteiger partial charge is 0.465 e. The summed E-state index contributed by atoms with van der Waals surface area (Å²) in [4.78, 5) is 15.6. The molecule has 3 rings (SSSR count). The number of aromatic nitrogens is 2. The molecule has 0 saturated heterocycles. The molecule has 0 aromatic carbocycles. The van der Waals surface area contributed by atoms with E-state index in [2.05, 4.69) is 17.3 Å². The summed E-state index contributed by atoms with van der Waals surface area (Å²) in [5.74, 6) is 0.343. The molecule has 0 radical (unpaired) electrons. The van der Waals surface area contributed by atoms with Crippen LogP contribution in [0.2, 0.25) is 0 Å². The second-order valence-corrected chi connectivity index (χ2v) is 8.74. The Labute approximate surface area is 169 Å². The summed E-state index contributed by atoms with van der Waals surface area (Å²) in [6.07, 6.45) is 5.01. The van der Waals surface area contributed by atoms with Crippen molar-refractivity contribution in [3.8, 4) is 0 Å². The molecule has 1 aliphatic carbocycles. The monoisotopic (exact) mass is 406 g/mol. The van der Waals surface area contributed by atoms with E-state index in [0.29, 0.717) is 23.1 Å². The van der Waals surface area contributed by atoms with Gasteiger partial charge >= 0.3 is 5.97 Å². The maximum atomic E-state index is 12.4. The van der Waals surface area contributed by atoms with Gasteiger partial charge in [-0.05, 0) is 49.9 Å². The maximum Gasteiger partial charge on any atom is 0.341 e. The number of nitrogens with zero attached hydrogens (tertiary/aromatic N) is 3. The zero-order valence-electron chi connectivity index (χ0n) is 16.5. The SMILES string of the molecule is COC(=O)c1c(NC(=S)N(C)Cc2cn(C)nc2C)sc2c1CC[C@@H](C)C2. The number of carbonyl (C=O) groups excluding carboxylic acids is 1. The number of nitrogens with one attached hydrogen (secondary N) is 1. The second kappa shape index (κ2) is 7.98. The predicted molar refractivity (Wildman–Crippen MR) is 112 cm³/mol. The molecule has 1 N–H and O–H groups in total. The molecule has 6 nitrogen and oxygen atoms in total. The number of thiocarbonyl (C=S) groups is 1. The van der Waals surface area contributed by atoms with Crippen LogP contribution in [0, 0.1) is 12.8 Å². The average Bonchev–Trinajstić information content (AvgIpc) is 3.12. The highest BCUT2D eigenvalue weighted by Crippen LogP contribution is 2.40. The number of rotatable bonds is 4. The van der Waals surface area contributed by atoms with Crippen LogP contribution in [0.4, 0.5) is 5.00 Å². The fraction of sp³-hybridized carbons (Fsp3) is 0.526. The molecule has 0 unspecified atom stereocenters. The van der Waals surface area contributed by atoms with Gasteiger partial charge in [0.15, 0.2) is 5.11 Å². The number of anilines is 1. The maximum absolute atomic E-state index is 12.4. The van der Waals surface area contributed by atoms with Crippen LogP contribution in [0.5, 0.6) is 0 Å². The molecule has 1 atom stereocenters. The first-order valence-corrected chi connectivity index (χ1v) is 10.3. The quantitative estimate of drug-likeness (QED) is 0.619. The Morgan fingerprint density at radius 2 is 2.30 bits per heavy atom. The van der Waals surface area contributed by atoms with Gasteiger partial charge in [0.2, 0.25) is 0 Å². The van der Waals surface area contributed by atoms with Crippen molar-refractivity contribution in [3.63, 3.8) is 0 Å². The van der Waals surface area contributed by atoms with Gasteiger partial charge in [0.25, 0.3) is 0 Å². The number of hydrogen-bond acceptors (Lipinski definition) is 5. The third-order valence-electron chi connectivity index (χ3n) is 4.99. The van der Waals surface area contributed by atoms with E-state index in [0.717, 1.165) is 41.1 Å². The lowest BCUT2D eigenvalue weighted by molar-refractivity contribution is 0.0601. The van der Waals surface area contributed by atoms with Gasteiger partial charge in [-0.15, -0.1) is 11.3 Å². The molecule has 0 fully saturated rings. The number of hydrogen-bond donors (Lipinski definition) is 1. The van der Waals surface area contributed by atoms with Gasteiger partial charge in [-0.3, -0.25) is 4.68 Å². The highest BCUT2D eigenvalue weighted by Gasteiger charge is 2.28. The number of ether oxygens (including phenoxy) is 1. The smallest absolute Gasteiger partial charge is 0.341 e. The van der Waals surface area contributed by atoms with Crippen molar-refractivity contribution in [1.29, 1.82) is 0 Å². The van der Waals surface area contributed by atoms with Crippen molar-refractivity contribution in [2.24, 2.45) is 13.0 Å². The van der Waals surface area contributed by atoms with E-state index >= 15 is 0 Å². The molecule has 2 aromatic heterocycles. The lowest BCUT2D eigenvalue weighted by Gasteiger charge is -2.20. The molecule has 2 aromatic rings. The van der Waals surface area contributed by atoms with Crippen molar-refractivity contribution in [1.82, 2.24) is 14.7 Å². The number of methoxy groups -OCH3 is 1. The Kier molecular flexibility index (Phi) is 5.86. The highest BCUT2D eigenvalue weighted by molar-refractivity contribution is 7.80. The van der Waals surface area contributed by atoms with Gasteiger partial charge in [0, 0.05) is 37.3 Å². The van der Waals surface area contributed by atoms with Gasteiger partial charge in [-0.25, -0.2) is 4.79 Å². The molecule has 146 valence electrons. The van der Waals surface area contributed by atoms with E-state index < -0.39 is 0 Å². The summed E-state index contributed by atoms with van der Waals surface area (Å²) >= 11 is 7.22. The normalized spacial score (nSPS) is 16.0. The number of carbonyl (C=O) groups is 1. The number of fused-ring (bicyclic) bond motifs is 1. The molecule has 8 heteroatoms. The predicted octanol–water partition coefficient (Wildman–Crippen LogP) is 3.53. The Hall–Kier alpha value is -1.93. The molecule has 0 amide bonds. The molecular weight excluding hydrogens is 380 g/mol. The van der Waals surface area contributed by atoms with E-state index in [1.807, 2.05) is 32.1 Å². The topological polar surface area (TPSA) is 59.4 Å².